The number of carbonyl (C=O) groups is 2. The van der Waals surface area contributed by atoms with Crippen LogP contribution in [0, 0.1) is 0 Å². The number of aromatic nitrogens is 2. The van der Waals surface area contributed by atoms with Crippen molar-refractivity contribution >= 4 is 46.3 Å². The van der Waals surface area contributed by atoms with Gasteiger partial charge in [0, 0.05) is 30.3 Å². The van der Waals surface area contributed by atoms with E-state index in [9.17, 15) is 9.59 Å². The van der Waals surface area contributed by atoms with Gasteiger partial charge in [-0.3, -0.25) is 14.5 Å². The van der Waals surface area contributed by atoms with Crippen molar-refractivity contribution in [1.82, 2.24) is 14.7 Å². The van der Waals surface area contributed by atoms with Gasteiger partial charge in [0.05, 0.1) is 17.2 Å². The van der Waals surface area contributed by atoms with E-state index in [2.05, 4.69) is 0 Å². The van der Waals surface area contributed by atoms with Crippen LogP contribution in [0.3, 0.4) is 0 Å². The molecule has 1 amide bonds. The lowest BCUT2D eigenvalue weighted by atomic mass is 10.1. The van der Waals surface area contributed by atoms with Crippen molar-refractivity contribution in [2.75, 3.05) is 13.2 Å². The van der Waals surface area contributed by atoms with E-state index in [-0.39, 0.29) is 12.3 Å². The number of para-hydroxylation sites is 1. The topological polar surface area (TPSA) is 84.7 Å². The van der Waals surface area contributed by atoms with Crippen LogP contribution < -0.4 is 4.74 Å². The average Bonchev–Trinajstić information content (AvgIpc) is 3.41. The Morgan fingerprint density at radius 1 is 1.14 bits per heavy atom. The summed E-state index contributed by atoms with van der Waals surface area (Å²) in [6.45, 7) is 2.98. The fourth-order valence-electron chi connectivity index (χ4n) is 3.89. The van der Waals surface area contributed by atoms with Gasteiger partial charge >= 0.3 is 5.97 Å². The fraction of sp³-hybridized carbons (Fsp3) is 0.259. The molecule has 9 heteroatoms. The zero-order chi connectivity index (χ0) is 25.5. The van der Waals surface area contributed by atoms with Gasteiger partial charge in [-0.15, -0.1) is 0 Å². The summed E-state index contributed by atoms with van der Waals surface area (Å²) in [5.41, 5.74) is 3.33. The molecule has 0 aliphatic carbocycles. The number of hydrogen-bond acceptors (Lipinski definition) is 6. The molecule has 4 rings (SSSR count). The lowest BCUT2D eigenvalue weighted by Gasteiger charge is -2.13. The Hall–Kier alpha value is -3.43. The summed E-state index contributed by atoms with van der Waals surface area (Å²) >= 11 is 6.76. The first-order chi connectivity index (χ1) is 17.5. The minimum atomic E-state index is -0.804. The van der Waals surface area contributed by atoms with Crippen LogP contribution in [0.1, 0.15) is 38.2 Å². The first kappa shape index (κ1) is 25.7. The van der Waals surface area contributed by atoms with E-state index in [0.29, 0.717) is 35.2 Å². The Bertz CT molecular complexity index is 1290. The van der Waals surface area contributed by atoms with Crippen LogP contribution >= 0.6 is 24.0 Å². The number of carbonyl (C=O) groups excluding carboxylic acids is 1. The lowest BCUT2D eigenvalue weighted by Crippen LogP contribution is -2.29. The molecular weight excluding hydrogens is 494 g/mol. The smallest absolute Gasteiger partial charge is 0.303 e. The van der Waals surface area contributed by atoms with Gasteiger partial charge in [-0.25, -0.2) is 4.68 Å². The monoisotopic (exact) mass is 521 g/mol. The molecule has 1 aromatic heterocycles. The first-order valence-corrected chi connectivity index (χ1v) is 13.0. The molecule has 0 unspecified atom stereocenters. The fourth-order valence-corrected chi connectivity index (χ4v) is 5.19. The van der Waals surface area contributed by atoms with E-state index >= 15 is 0 Å². The number of aliphatic carboxylic acids is 1. The Balaban J connectivity index is 1.61. The van der Waals surface area contributed by atoms with Crippen LogP contribution in [0.5, 0.6) is 5.75 Å². The average molecular weight is 522 g/mol. The Labute approximate surface area is 219 Å². The van der Waals surface area contributed by atoms with E-state index in [4.69, 9.17) is 27.2 Å². The zero-order valence-electron chi connectivity index (χ0n) is 19.9. The second-order valence-corrected chi connectivity index (χ2v) is 9.89. The number of carboxylic acids is 1. The van der Waals surface area contributed by atoms with Gasteiger partial charge in [0.1, 0.15) is 15.8 Å². The highest BCUT2D eigenvalue weighted by molar-refractivity contribution is 8.26. The maximum absolute atomic E-state index is 13.2. The number of unbranched alkanes of at least 4 members (excludes halogenated alkanes) is 2. The van der Waals surface area contributed by atoms with E-state index < -0.39 is 5.97 Å². The van der Waals surface area contributed by atoms with Gasteiger partial charge in [-0.2, -0.15) is 5.10 Å². The Morgan fingerprint density at radius 3 is 2.69 bits per heavy atom. The standard InChI is InChI=1S/C27H27N3O4S2/c1-2-34-22-13-9-10-19(16-22)25-20(18-30(28-25)21-11-5-3-6-12-21)17-23-26(33)29(27(35)36-23)15-8-4-7-14-24(31)32/h3,5-6,9-13,16-18H,2,4,7-8,14-15H2,1H3,(H,31,32)/b23-17+. The molecule has 36 heavy (non-hydrogen) atoms. The highest BCUT2D eigenvalue weighted by atomic mass is 32.2. The third-order valence-electron chi connectivity index (χ3n) is 5.61. The van der Waals surface area contributed by atoms with Gasteiger partial charge in [-0.05, 0) is 50.1 Å². The molecule has 1 aliphatic heterocycles. The summed E-state index contributed by atoms with van der Waals surface area (Å²) in [7, 11) is 0. The summed E-state index contributed by atoms with van der Waals surface area (Å²) in [6, 6.07) is 17.6. The minimum absolute atomic E-state index is 0.135. The number of amides is 1. The van der Waals surface area contributed by atoms with Crippen LogP contribution in [-0.4, -0.2) is 49.1 Å². The third kappa shape index (κ3) is 6.22. The largest absolute Gasteiger partial charge is 0.494 e. The molecule has 2 heterocycles. The molecule has 186 valence electrons. The molecular formula is C27H27N3O4S2. The van der Waals surface area contributed by atoms with Crippen LogP contribution in [0.4, 0.5) is 0 Å². The molecule has 2 aromatic carbocycles. The molecule has 1 N–H and O–H groups in total. The van der Waals surface area contributed by atoms with Gasteiger partial charge in [0.2, 0.25) is 0 Å². The molecule has 0 atom stereocenters. The number of rotatable bonds is 11. The number of benzene rings is 2. The van der Waals surface area contributed by atoms with Crippen molar-refractivity contribution in [3.8, 4) is 22.7 Å². The molecule has 7 nitrogen and oxygen atoms in total. The number of ether oxygens (including phenoxy) is 1. The van der Waals surface area contributed by atoms with Crippen molar-refractivity contribution in [3.63, 3.8) is 0 Å². The van der Waals surface area contributed by atoms with E-state index in [1.807, 2.05) is 73.8 Å². The second kappa shape index (κ2) is 12.0. The molecule has 0 bridgehead atoms. The summed E-state index contributed by atoms with van der Waals surface area (Å²) in [4.78, 5) is 26.0. The number of thiocarbonyl (C=S) groups is 1. The number of hydrogen-bond donors (Lipinski definition) is 1. The highest BCUT2D eigenvalue weighted by Gasteiger charge is 2.32. The van der Waals surface area contributed by atoms with Crippen LogP contribution in [0.2, 0.25) is 0 Å². The van der Waals surface area contributed by atoms with Crippen LogP contribution in [-0.2, 0) is 9.59 Å². The normalized spacial score (nSPS) is 14.6. The minimum Gasteiger partial charge on any atom is -0.494 e. The third-order valence-corrected chi connectivity index (χ3v) is 6.99. The lowest BCUT2D eigenvalue weighted by molar-refractivity contribution is -0.137. The molecule has 0 saturated carbocycles. The van der Waals surface area contributed by atoms with E-state index in [0.717, 1.165) is 34.7 Å². The van der Waals surface area contributed by atoms with Crippen molar-refractivity contribution in [2.45, 2.75) is 32.6 Å². The Morgan fingerprint density at radius 2 is 1.94 bits per heavy atom. The van der Waals surface area contributed by atoms with Crippen molar-refractivity contribution in [2.24, 2.45) is 0 Å². The first-order valence-electron chi connectivity index (χ1n) is 11.8. The number of thioether (sulfide) groups is 1. The quantitative estimate of drug-likeness (QED) is 0.194. The number of carboxylic acid groups (broad SMARTS) is 1. The predicted molar refractivity (Wildman–Crippen MR) is 146 cm³/mol. The van der Waals surface area contributed by atoms with Crippen molar-refractivity contribution in [1.29, 1.82) is 0 Å². The molecule has 0 spiro atoms. The molecule has 1 fully saturated rings. The molecule has 0 radical (unpaired) electrons. The van der Waals surface area contributed by atoms with E-state index in [1.54, 1.807) is 9.58 Å². The summed E-state index contributed by atoms with van der Waals surface area (Å²) < 4.78 is 8.00. The van der Waals surface area contributed by atoms with E-state index in [1.165, 1.54) is 11.8 Å². The molecule has 3 aromatic rings. The summed E-state index contributed by atoms with van der Waals surface area (Å²) in [6.07, 6.45) is 5.91. The van der Waals surface area contributed by atoms with Gasteiger partial charge in [0.15, 0.2) is 0 Å². The highest BCUT2D eigenvalue weighted by Crippen LogP contribution is 2.35. The summed E-state index contributed by atoms with van der Waals surface area (Å²) in [5, 5.41) is 13.6. The van der Waals surface area contributed by atoms with Crippen LogP contribution in [0.25, 0.3) is 23.0 Å². The van der Waals surface area contributed by atoms with Crippen LogP contribution in [0.15, 0.2) is 65.7 Å². The Kier molecular flexibility index (Phi) is 8.56. The predicted octanol–water partition coefficient (Wildman–Crippen LogP) is 5.78. The van der Waals surface area contributed by atoms with Gasteiger partial charge in [0.25, 0.3) is 5.91 Å². The SMILES string of the molecule is CCOc1cccc(-c2nn(-c3ccccc3)cc2/C=C2/SC(=S)N(CCCCCC(=O)O)C2=O)c1. The molecule has 1 aliphatic rings. The van der Waals surface area contributed by atoms with Gasteiger partial charge in [-0.1, -0.05) is 60.7 Å². The maximum Gasteiger partial charge on any atom is 0.303 e. The summed E-state index contributed by atoms with van der Waals surface area (Å²) in [5.74, 6) is -0.184. The number of nitrogens with zero attached hydrogens (tertiary/aromatic N) is 3. The molecule has 1 saturated heterocycles. The maximum atomic E-state index is 13.2. The van der Waals surface area contributed by atoms with Gasteiger partial charge < -0.3 is 9.84 Å². The zero-order valence-corrected chi connectivity index (χ0v) is 21.6. The van der Waals surface area contributed by atoms with Crippen molar-refractivity contribution < 1.29 is 19.4 Å². The second-order valence-electron chi connectivity index (χ2n) is 8.21. The van der Waals surface area contributed by atoms with Crippen molar-refractivity contribution in [3.05, 3.63) is 71.3 Å².